The van der Waals surface area contributed by atoms with Crippen LogP contribution in [-0.2, 0) is 0 Å². The van der Waals surface area contributed by atoms with Gasteiger partial charge in [-0.15, -0.1) is 0 Å². The van der Waals surface area contributed by atoms with Crippen LogP contribution in [-0.4, -0.2) is 22.0 Å². The Labute approximate surface area is 176 Å². The zero-order valence-corrected chi connectivity index (χ0v) is 17.6. The molecule has 0 saturated carbocycles. The van der Waals surface area contributed by atoms with E-state index in [9.17, 15) is 0 Å². The van der Waals surface area contributed by atoms with Crippen LogP contribution in [0.25, 0.3) is 27.9 Å². The summed E-state index contributed by atoms with van der Waals surface area (Å²) in [7, 11) is 1.68. The maximum absolute atomic E-state index is 4.81. The molecule has 0 fully saturated rings. The number of allylic oxidation sites excluding steroid dienone is 1. The number of fused-ring (bicyclic) bond motifs is 1. The highest BCUT2D eigenvalue weighted by atomic mass is 15.1. The van der Waals surface area contributed by atoms with E-state index in [1.54, 1.807) is 13.2 Å². The molecule has 0 N–H and O–H groups in total. The SMILES string of the molecule is C/C=C(/c1ccc(N=NC)c(C)c1)c1cnc(-c2ccc3ncccc3c2)nc1C. The van der Waals surface area contributed by atoms with Crippen molar-refractivity contribution in [2.75, 3.05) is 7.05 Å². The fourth-order valence-corrected chi connectivity index (χ4v) is 3.61. The van der Waals surface area contributed by atoms with Gasteiger partial charge in [0.15, 0.2) is 5.82 Å². The van der Waals surface area contributed by atoms with Gasteiger partial charge in [-0.3, -0.25) is 4.98 Å². The standard InChI is InChI=1S/C25H23N5/c1-5-21(18-8-10-23(30-26-4)16(2)13-18)22-15-28-25(29-17(22)3)20-9-11-24-19(14-20)7-6-12-27-24/h5-15H,1-4H3/b21-5-,30-26?. The molecule has 0 unspecified atom stereocenters. The molecule has 0 spiro atoms. The van der Waals surface area contributed by atoms with Crippen LogP contribution in [0.15, 0.2) is 77.2 Å². The highest BCUT2D eigenvalue weighted by Crippen LogP contribution is 2.30. The smallest absolute Gasteiger partial charge is 0.159 e. The first-order valence-corrected chi connectivity index (χ1v) is 9.87. The van der Waals surface area contributed by atoms with E-state index in [1.165, 1.54) is 0 Å². The van der Waals surface area contributed by atoms with E-state index >= 15 is 0 Å². The molecule has 0 bridgehead atoms. The quantitative estimate of drug-likeness (QED) is 0.373. The summed E-state index contributed by atoms with van der Waals surface area (Å²) in [6.07, 6.45) is 5.81. The second kappa shape index (κ2) is 8.33. The first kappa shape index (κ1) is 19.6. The summed E-state index contributed by atoms with van der Waals surface area (Å²) >= 11 is 0. The zero-order valence-electron chi connectivity index (χ0n) is 17.6. The number of nitrogens with zero attached hydrogens (tertiary/aromatic N) is 5. The Morgan fingerprint density at radius 1 is 1.00 bits per heavy atom. The summed E-state index contributed by atoms with van der Waals surface area (Å²) in [6.45, 7) is 6.11. The van der Waals surface area contributed by atoms with Gasteiger partial charge in [0.2, 0.25) is 0 Å². The fourth-order valence-electron chi connectivity index (χ4n) is 3.61. The molecule has 4 rings (SSSR count). The van der Waals surface area contributed by atoms with E-state index in [1.807, 2.05) is 51.2 Å². The first-order valence-electron chi connectivity index (χ1n) is 9.87. The minimum Gasteiger partial charge on any atom is -0.256 e. The second-order valence-corrected chi connectivity index (χ2v) is 7.11. The van der Waals surface area contributed by atoms with Crippen LogP contribution in [0.1, 0.15) is 29.3 Å². The van der Waals surface area contributed by atoms with Crippen LogP contribution in [0.5, 0.6) is 0 Å². The van der Waals surface area contributed by atoms with Gasteiger partial charge in [0.25, 0.3) is 0 Å². The van der Waals surface area contributed by atoms with Gasteiger partial charge < -0.3 is 0 Å². The fraction of sp³-hybridized carbons (Fsp3) is 0.160. The molecular weight excluding hydrogens is 370 g/mol. The lowest BCUT2D eigenvalue weighted by molar-refractivity contribution is 1.09. The summed E-state index contributed by atoms with van der Waals surface area (Å²) in [4.78, 5) is 13.9. The number of benzene rings is 2. The third-order valence-corrected chi connectivity index (χ3v) is 5.13. The Morgan fingerprint density at radius 3 is 2.60 bits per heavy atom. The molecule has 0 aliphatic rings. The summed E-state index contributed by atoms with van der Waals surface area (Å²) in [5.74, 6) is 0.715. The molecule has 2 aromatic carbocycles. The highest BCUT2D eigenvalue weighted by molar-refractivity contribution is 5.84. The summed E-state index contributed by atoms with van der Waals surface area (Å²) in [5, 5.41) is 9.12. The van der Waals surface area contributed by atoms with Crippen molar-refractivity contribution >= 4 is 22.2 Å². The summed E-state index contributed by atoms with van der Waals surface area (Å²) < 4.78 is 0. The van der Waals surface area contributed by atoms with Crippen molar-refractivity contribution in [1.29, 1.82) is 0 Å². The van der Waals surface area contributed by atoms with Crippen molar-refractivity contribution in [3.8, 4) is 11.4 Å². The lowest BCUT2D eigenvalue weighted by Crippen LogP contribution is -1.99. The van der Waals surface area contributed by atoms with Crippen molar-refractivity contribution in [2.45, 2.75) is 20.8 Å². The van der Waals surface area contributed by atoms with Crippen LogP contribution in [0.3, 0.4) is 0 Å². The number of aryl methyl sites for hydroxylation is 2. The summed E-state index contributed by atoms with van der Waals surface area (Å²) in [5.41, 5.74) is 8.08. The number of hydrogen-bond acceptors (Lipinski definition) is 5. The van der Waals surface area contributed by atoms with E-state index in [2.05, 4.69) is 50.5 Å². The summed E-state index contributed by atoms with van der Waals surface area (Å²) in [6, 6.07) is 16.3. The number of hydrogen-bond donors (Lipinski definition) is 0. The van der Waals surface area contributed by atoms with Crippen molar-refractivity contribution in [3.63, 3.8) is 0 Å². The second-order valence-electron chi connectivity index (χ2n) is 7.11. The van der Waals surface area contributed by atoms with Gasteiger partial charge in [-0.05, 0) is 73.9 Å². The third-order valence-electron chi connectivity index (χ3n) is 5.13. The van der Waals surface area contributed by atoms with Gasteiger partial charge in [0.05, 0.1) is 11.2 Å². The molecule has 5 nitrogen and oxygen atoms in total. The lowest BCUT2D eigenvalue weighted by atomic mass is 9.96. The minimum atomic E-state index is 0.715. The lowest BCUT2D eigenvalue weighted by Gasteiger charge is -2.13. The predicted octanol–water partition coefficient (Wildman–Crippen LogP) is 6.47. The van der Waals surface area contributed by atoms with Crippen molar-refractivity contribution < 1.29 is 0 Å². The molecule has 0 aliphatic carbocycles. The molecule has 5 heteroatoms. The molecule has 0 atom stereocenters. The van der Waals surface area contributed by atoms with Crippen molar-refractivity contribution in [2.24, 2.45) is 10.2 Å². The number of rotatable bonds is 4. The third kappa shape index (κ3) is 3.74. The molecule has 30 heavy (non-hydrogen) atoms. The van der Waals surface area contributed by atoms with Gasteiger partial charge >= 0.3 is 0 Å². The Hall–Kier alpha value is -3.73. The van der Waals surface area contributed by atoms with E-state index in [0.29, 0.717) is 5.82 Å². The normalized spacial score (nSPS) is 12.1. The minimum absolute atomic E-state index is 0.715. The van der Waals surface area contributed by atoms with E-state index in [4.69, 9.17) is 4.98 Å². The van der Waals surface area contributed by atoms with Gasteiger partial charge in [-0.25, -0.2) is 9.97 Å². The monoisotopic (exact) mass is 393 g/mol. The largest absolute Gasteiger partial charge is 0.256 e. The molecule has 0 aliphatic heterocycles. The highest BCUT2D eigenvalue weighted by Gasteiger charge is 2.12. The van der Waals surface area contributed by atoms with Gasteiger partial charge in [0.1, 0.15) is 0 Å². The Kier molecular flexibility index (Phi) is 5.44. The molecule has 4 aromatic rings. The zero-order chi connectivity index (χ0) is 21.1. The van der Waals surface area contributed by atoms with Crippen LogP contribution in [0, 0.1) is 13.8 Å². The average molecular weight is 393 g/mol. The Balaban J connectivity index is 1.72. The van der Waals surface area contributed by atoms with Crippen LogP contribution >= 0.6 is 0 Å². The number of aromatic nitrogens is 3. The Morgan fingerprint density at radius 2 is 1.87 bits per heavy atom. The molecule has 2 aromatic heterocycles. The topological polar surface area (TPSA) is 63.4 Å². The molecule has 148 valence electrons. The average Bonchev–Trinajstić information content (AvgIpc) is 2.77. The Bertz CT molecular complexity index is 1290. The molecule has 0 radical (unpaired) electrons. The molecule has 2 heterocycles. The predicted molar refractivity (Wildman–Crippen MR) is 122 cm³/mol. The van der Waals surface area contributed by atoms with Gasteiger partial charge in [-0.1, -0.05) is 18.2 Å². The molecular formula is C25H23N5. The van der Waals surface area contributed by atoms with E-state index in [0.717, 1.165) is 50.1 Å². The first-order chi connectivity index (χ1) is 14.6. The van der Waals surface area contributed by atoms with Crippen molar-refractivity contribution in [3.05, 3.63) is 89.4 Å². The van der Waals surface area contributed by atoms with Crippen LogP contribution in [0.2, 0.25) is 0 Å². The van der Waals surface area contributed by atoms with Crippen LogP contribution in [0.4, 0.5) is 5.69 Å². The van der Waals surface area contributed by atoms with Gasteiger partial charge in [-0.2, -0.15) is 10.2 Å². The van der Waals surface area contributed by atoms with Crippen LogP contribution < -0.4 is 0 Å². The maximum Gasteiger partial charge on any atom is 0.159 e. The maximum atomic E-state index is 4.81. The van der Waals surface area contributed by atoms with E-state index in [-0.39, 0.29) is 0 Å². The number of azo groups is 1. The molecule has 0 amide bonds. The number of pyridine rings is 1. The van der Waals surface area contributed by atoms with Gasteiger partial charge in [0, 0.05) is 41.6 Å². The van der Waals surface area contributed by atoms with Crippen molar-refractivity contribution in [1.82, 2.24) is 15.0 Å². The van der Waals surface area contributed by atoms with E-state index < -0.39 is 0 Å². The molecule has 0 saturated heterocycles.